The van der Waals surface area contributed by atoms with E-state index in [9.17, 15) is 9.59 Å². The van der Waals surface area contributed by atoms with Gasteiger partial charge in [-0.05, 0) is 12.1 Å². The Morgan fingerprint density at radius 1 is 1.26 bits per heavy atom. The number of para-hydroxylation sites is 1. The standard InChI is InChI=1S/C14H14N2O3/c1-19-12(17)7-9-16-14(18)11-6-2-4-10-5-3-8-15-13(10)11/h2-6,8H,7,9H2,1H3,(H,16,18). The lowest BCUT2D eigenvalue weighted by molar-refractivity contribution is -0.140. The van der Waals surface area contributed by atoms with Crippen LogP contribution in [-0.4, -0.2) is 30.5 Å². The van der Waals surface area contributed by atoms with Gasteiger partial charge < -0.3 is 10.1 Å². The van der Waals surface area contributed by atoms with Crippen molar-refractivity contribution in [3.63, 3.8) is 0 Å². The largest absolute Gasteiger partial charge is 0.469 e. The number of rotatable bonds is 4. The molecule has 19 heavy (non-hydrogen) atoms. The molecule has 0 fully saturated rings. The van der Waals surface area contributed by atoms with Gasteiger partial charge in [0.15, 0.2) is 0 Å². The highest BCUT2D eigenvalue weighted by atomic mass is 16.5. The zero-order chi connectivity index (χ0) is 13.7. The number of aromatic nitrogens is 1. The summed E-state index contributed by atoms with van der Waals surface area (Å²) in [7, 11) is 1.32. The van der Waals surface area contributed by atoms with E-state index in [0.717, 1.165) is 5.39 Å². The van der Waals surface area contributed by atoms with E-state index >= 15 is 0 Å². The Morgan fingerprint density at radius 2 is 2.05 bits per heavy atom. The third kappa shape index (κ3) is 3.07. The van der Waals surface area contributed by atoms with Crippen molar-refractivity contribution < 1.29 is 14.3 Å². The van der Waals surface area contributed by atoms with Crippen molar-refractivity contribution in [1.29, 1.82) is 0 Å². The lowest BCUT2D eigenvalue weighted by atomic mass is 10.1. The van der Waals surface area contributed by atoms with Crippen molar-refractivity contribution in [3.05, 3.63) is 42.1 Å². The van der Waals surface area contributed by atoms with E-state index in [1.807, 2.05) is 18.2 Å². The maximum Gasteiger partial charge on any atom is 0.307 e. The Hall–Kier alpha value is -2.43. The third-order valence-corrected chi connectivity index (χ3v) is 2.72. The van der Waals surface area contributed by atoms with E-state index in [1.165, 1.54) is 7.11 Å². The van der Waals surface area contributed by atoms with Gasteiger partial charge in [0.1, 0.15) is 0 Å². The average Bonchev–Trinajstić information content (AvgIpc) is 2.46. The van der Waals surface area contributed by atoms with Crippen LogP contribution in [0.5, 0.6) is 0 Å². The predicted molar refractivity (Wildman–Crippen MR) is 70.7 cm³/mol. The van der Waals surface area contributed by atoms with Crippen LogP contribution < -0.4 is 5.32 Å². The number of nitrogens with zero attached hydrogens (tertiary/aromatic N) is 1. The molecule has 2 aromatic rings. The number of carbonyl (C=O) groups excluding carboxylic acids is 2. The molecule has 0 bridgehead atoms. The summed E-state index contributed by atoms with van der Waals surface area (Å²) in [6.07, 6.45) is 1.80. The van der Waals surface area contributed by atoms with E-state index in [0.29, 0.717) is 11.1 Å². The van der Waals surface area contributed by atoms with Crippen molar-refractivity contribution in [1.82, 2.24) is 10.3 Å². The monoisotopic (exact) mass is 258 g/mol. The maximum absolute atomic E-state index is 12.0. The van der Waals surface area contributed by atoms with Gasteiger partial charge >= 0.3 is 5.97 Å². The van der Waals surface area contributed by atoms with Crippen LogP contribution in [0.15, 0.2) is 36.5 Å². The van der Waals surface area contributed by atoms with Crippen LogP contribution in [0, 0.1) is 0 Å². The number of methoxy groups -OCH3 is 1. The molecule has 0 spiro atoms. The van der Waals surface area contributed by atoms with Gasteiger partial charge in [0, 0.05) is 18.1 Å². The Bertz CT molecular complexity index is 605. The summed E-state index contributed by atoms with van der Waals surface area (Å²) >= 11 is 0. The number of hydrogen-bond donors (Lipinski definition) is 1. The highest BCUT2D eigenvalue weighted by Gasteiger charge is 2.10. The first kappa shape index (κ1) is 13.0. The molecule has 0 aliphatic rings. The van der Waals surface area contributed by atoms with E-state index in [4.69, 9.17) is 0 Å². The Kier molecular flexibility index (Phi) is 4.07. The highest BCUT2D eigenvalue weighted by Crippen LogP contribution is 2.15. The first-order valence-corrected chi connectivity index (χ1v) is 5.91. The molecule has 1 aromatic carbocycles. The van der Waals surface area contributed by atoms with Gasteiger partial charge in [-0.15, -0.1) is 0 Å². The SMILES string of the molecule is COC(=O)CCNC(=O)c1cccc2cccnc12. The molecule has 0 aliphatic carbocycles. The Morgan fingerprint density at radius 3 is 2.84 bits per heavy atom. The van der Waals surface area contributed by atoms with E-state index < -0.39 is 0 Å². The number of pyridine rings is 1. The Balaban J connectivity index is 2.11. The Labute approximate surface area is 110 Å². The molecule has 0 saturated heterocycles. The van der Waals surface area contributed by atoms with Crippen LogP contribution in [0.1, 0.15) is 16.8 Å². The molecular weight excluding hydrogens is 244 g/mol. The molecule has 0 unspecified atom stereocenters. The van der Waals surface area contributed by atoms with Gasteiger partial charge in [0.25, 0.3) is 5.91 Å². The molecule has 2 rings (SSSR count). The van der Waals surface area contributed by atoms with Gasteiger partial charge in [0.2, 0.25) is 0 Å². The molecule has 1 aromatic heterocycles. The van der Waals surface area contributed by atoms with Crippen LogP contribution in [0.2, 0.25) is 0 Å². The first-order valence-electron chi connectivity index (χ1n) is 5.91. The summed E-state index contributed by atoms with van der Waals surface area (Å²) < 4.78 is 4.51. The van der Waals surface area contributed by atoms with Crippen molar-refractivity contribution in [2.75, 3.05) is 13.7 Å². The lowest BCUT2D eigenvalue weighted by Crippen LogP contribution is -2.26. The fourth-order valence-electron chi connectivity index (χ4n) is 1.76. The van der Waals surface area contributed by atoms with Crippen LogP contribution in [0.4, 0.5) is 0 Å². The van der Waals surface area contributed by atoms with Crippen LogP contribution in [0.3, 0.4) is 0 Å². The fraction of sp³-hybridized carbons (Fsp3) is 0.214. The van der Waals surface area contributed by atoms with Crippen molar-refractivity contribution in [3.8, 4) is 0 Å². The topological polar surface area (TPSA) is 68.3 Å². The molecular formula is C14H14N2O3. The van der Waals surface area contributed by atoms with E-state index in [2.05, 4.69) is 15.0 Å². The second kappa shape index (κ2) is 5.95. The minimum atomic E-state index is -0.351. The van der Waals surface area contributed by atoms with E-state index in [-0.39, 0.29) is 24.8 Å². The van der Waals surface area contributed by atoms with Crippen LogP contribution in [0.25, 0.3) is 10.9 Å². The van der Waals surface area contributed by atoms with Gasteiger partial charge in [-0.1, -0.05) is 18.2 Å². The molecule has 0 saturated carbocycles. The average molecular weight is 258 g/mol. The van der Waals surface area contributed by atoms with Crippen LogP contribution >= 0.6 is 0 Å². The summed E-state index contributed by atoms with van der Waals surface area (Å²) in [6.45, 7) is 0.245. The summed E-state index contributed by atoms with van der Waals surface area (Å²) in [6, 6.07) is 9.13. The molecule has 1 N–H and O–H groups in total. The summed E-state index contributed by atoms with van der Waals surface area (Å²) in [5.41, 5.74) is 1.16. The van der Waals surface area contributed by atoms with Crippen molar-refractivity contribution >= 4 is 22.8 Å². The lowest BCUT2D eigenvalue weighted by Gasteiger charge is -2.06. The molecule has 98 valence electrons. The number of amides is 1. The number of fused-ring (bicyclic) bond motifs is 1. The normalized spacial score (nSPS) is 10.2. The molecule has 1 heterocycles. The zero-order valence-electron chi connectivity index (χ0n) is 10.6. The quantitative estimate of drug-likeness (QED) is 0.844. The van der Waals surface area contributed by atoms with Gasteiger partial charge in [-0.2, -0.15) is 0 Å². The molecule has 1 amide bonds. The van der Waals surface area contributed by atoms with Gasteiger partial charge in [0.05, 0.1) is 24.6 Å². The van der Waals surface area contributed by atoms with Crippen LogP contribution in [-0.2, 0) is 9.53 Å². The number of esters is 1. The van der Waals surface area contributed by atoms with Gasteiger partial charge in [-0.3, -0.25) is 14.6 Å². The van der Waals surface area contributed by atoms with Crippen molar-refractivity contribution in [2.24, 2.45) is 0 Å². The minimum Gasteiger partial charge on any atom is -0.469 e. The molecule has 0 aliphatic heterocycles. The minimum absolute atomic E-state index is 0.153. The number of hydrogen-bond acceptors (Lipinski definition) is 4. The number of carbonyl (C=O) groups is 2. The molecule has 5 nitrogen and oxygen atoms in total. The molecule has 0 radical (unpaired) electrons. The van der Waals surface area contributed by atoms with E-state index in [1.54, 1.807) is 18.3 Å². The zero-order valence-corrected chi connectivity index (χ0v) is 10.6. The van der Waals surface area contributed by atoms with Gasteiger partial charge in [-0.25, -0.2) is 0 Å². The summed E-state index contributed by atoms with van der Waals surface area (Å²) in [5.74, 6) is -0.593. The molecule has 0 atom stereocenters. The maximum atomic E-state index is 12.0. The van der Waals surface area contributed by atoms with Crippen molar-refractivity contribution in [2.45, 2.75) is 6.42 Å². The highest BCUT2D eigenvalue weighted by molar-refractivity contribution is 6.05. The first-order chi connectivity index (χ1) is 9.22. The smallest absolute Gasteiger partial charge is 0.307 e. The fourth-order valence-corrected chi connectivity index (χ4v) is 1.76. The summed E-state index contributed by atoms with van der Waals surface area (Å²) in [4.78, 5) is 27.2. The predicted octanol–water partition coefficient (Wildman–Crippen LogP) is 1.53. The second-order valence-electron chi connectivity index (χ2n) is 3.96. The third-order valence-electron chi connectivity index (χ3n) is 2.72. The number of benzene rings is 1. The number of nitrogens with one attached hydrogen (secondary N) is 1. The molecule has 5 heteroatoms. The number of ether oxygens (including phenoxy) is 1. The summed E-state index contributed by atoms with van der Waals surface area (Å²) in [5, 5.41) is 3.58. The second-order valence-corrected chi connectivity index (χ2v) is 3.96.